The third-order valence-corrected chi connectivity index (χ3v) is 12.0. The van der Waals surface area contributed by atoms with Gasteiger partial charge in [0.15, 0.2) is 0 Å². The summed E-state index contributed by atoms with van der Waals surface area (Å²) >= 11 is 0. The van der Waals surface area contributed by atoms with E-state index in [9.17, 15) is 9.59 Å². The molecule has 0 aliphatic carbocycles. The number of hydrogen-bond acceptors (Lipinski definition) is 12. The second kappa shape index (κ2) is 17.2. The molecule has 12 nitrogen and oxygen atoms in total. The predicted molar refractivity (Wildman–Crippen MR) is 176 cm³/mol. The standard InChI is InChI=1S/C36H62O12/c1-9-33(39-5)21-43-27(33)17-25(18-28-34(10-2,40-6)22-44-28)47-31(37)15-13-14-16-32(38)48-26(19-29-35(11-3,41-7)23-45-29)20-30-36(12-4,42-8)24-46-30/h25-30H,9-24H2,1-8H3. The molecule has 0 bridgehead atoms. The normalized spacial score (nSPS) is 36.9. The zero-order valence-electron chi connectivity index (χ0n) is 30.7. The number of methoxy groups -OCH3 is 4. The Labute approximate surface area is 287 Å². The third-order valence-electron chi connectivity index (χ3n) is 12.0. The summed E-state index contributed by atoms with van der Waals surface area (Å²) in [6.07, 6.45) is 5.22. The minimum atomic E-state index is -0.409. The van der Waals surface area contributed by atoms with Gasteiger partial charge in [0.25, 0.3) is 0 Å². The molecule has 4 fully saturated rings. The topological polar surface area (TPSA) is 126 Å². The number of hydrogen-bond donors (Lipinski definition) is 0. The largest absolute Gasteiger partial charge is 0.462 e. The van der Waals surface area contributed by atoms with Crippen LogP contribution < -0.4 is 0 Å². The minimum absolute atomic E-state index is 0.167. The van der Waals surface area contributed by atoms with Crippen LogP contribution in [0.3, 0.4) is 0 Å². The minimum Gasteiger partial charge on any atom is -0.462 e. The summed E-state index contributed by atoms with van der Waals surface area (Å²) < 4.78 is 58.8. The summed E-state index contributed by atoms with van der Waals surface area (Å²) in [6.45, 7) is 10.4. The van der Waals surface area contributed by atoms with Crippen LogP contribution in [0.1, 0.15) is 105 Å². The van der Waals surface area contributed by atoms with Crippen molar-refractivity contribution in [2.24, 2.45) is 0 Å². The molecule has 0 spiro atoms. The van der Waals surface area contributed by atoms with Gasteiger partial charge in [-0.25, -0.2) is 0 Å². The van der Waals surface area contributed by atoms with Gasteiger partial charge in [-0.05, 0) is 38.5 Å². The lowest BCUT2D eigenvalue weighted by atomic mass is 9.81. The van der Waals surface area contributed by atoms with Gasteiger partial charge in [0.05, 0.1) is 50.8 Å². The van der Waals surface area contributed by atoms with Gasteiger partial charge in [-0.15, -0.1) is 0 Å². The lowest BCUT2D eigenvalue weighted by Crippen LogP contribution is -2.62. The first-order valence-corrected chi connectivity index (χ1v) is 18.1. The molecule has 8 atom stereocenters. The number of carbonyl (C=O) groups is 2. The molecule has 4 heterocycles. The van der Waals surface area contributed by atoms with Crippen LogP contribution in [-0.4, -0.2) is 126 Å². The molecule has 8 unspecified atom stereocenters. The fourth-order valence-electron chi connectivity index (χ4n) is 7.71. The van der Waals surface area contributed by atoms with Crippen LogP contribution in [0.15, 0.2) is 0 Å². The van der Waals surface area contributed by atoms with E-state index in [0.717, 1.165) is 25.7 Å². The Morgan fingerprint density at radius 1 is 0.521 bits per heavy atom. The highest BCUT2D eigenvalue weighted by Gasteiger charge is 2.53. The number of ether oxygens (including phenoxy) is 10. The van der Waals surface area contributed by atoms with E-state index in [1.807, 2.05) is 0 Å². The second-order valence-electron chi connectivity index (χ2n) is 14.1. The Morgan fingerprint density at radius 3 is 0.938 bits per heavy atom. The van der Waals surface area contributed by atoms with Crippen molar-refractivity contribution in [3.63, 3.8) is 0 Å². The molecule has 0 radical (unpaired) electrons. The monoisotopic (exact) mass is 686 g/mol. The van der Waals surface area contributed by atoms with Crippen molar-refractivity contribution in [3.05, 3.63) is 0 Å². The number of rotatable bonds is 23. The van der Waals surface area contributed by atoms with Crippen molar-refractivity contribution >= 4 is 11.9 Å². The van der Waals surface area contributed by atoms with Gasteiger partial charge in [-0.3, -0.25) is 9.59 Å². The van der Waals surface area contributed by atoms with Gasteiger partial charge in [-0.1, -0.05) is 27.7 Å². The molecular formula is C36H62O12. The van der Waals surface area contributed by atoms with Crippen molar-refractivity contribution in [2.75, 3.05) is 54.9 Å². The van der Waals surface area contributed by atoms with Crippen LogP contribution in [0.25, 0.3) is 0 Å². The molecule has 4 saturated heterocycles. The van der Waals surface area contributed by atoms with E-state index in [0.29, 0.717) is 65.0 Å². The molecule has 278 valence electrons. The van der Waals surface area contributed by atoms with Crippen molar-refractivity contribution in [3.8, 4) is 0 Å². The van der Waals surface area contributed by atoms with Gasteiger partial charge < -0.3 is 47.4 Å². The fraction of sp³-hybridized carbons (Fsp3) is 0.944. The van der Waals surface area contributed by atoms with Crippen molar-refractivity contribution in [1.82, 2.24) is 0 Å². The summed E-state index contributed by atoms with van der Waals surface area (Å²) in [5, 5.41) is 0. The Hall–Kier alpha value is -1.38. The number of unbranched alkanes of at least 4 members (excludes halogenated alkanes) is 1. The Balaban J connectivity index is 1.27. The Morgan fingerprint density at radius 2 is 0.771 bits per heavy atom. The molecule has 4 rings (SSSR count). The maximum Gasteiger partial charge on any atom is 0.306 e. The number of carbonyl (C=O) groups excluding carboxylic acids is 2. The molecule has 48 heavy (non-hydrogen) atoms. The quantitative estimate of drug-likeness (QED) is 0.109. The van der Waals surface area contributed by atoms with Gasteiger partial charge in [-0.2, -0.15) is 0 Å². The maximum absolute atomic E-state index is 13.1. The van der Waals surface area contributed by atoms with E-state index in [1.54, 1.807) is 28.4 Å². The highest BCUT2D eigenvalue weighted by molar-refractivity contribution is 5.71. The second-order valence-corrected chi connectivity index (χ2v) is 14.1. The van der Waals surface area contributed by atoms with Crippen LogP contribution in [0.2, 0.25) is 0 Å². The molecular weight excluding hydrogens is 624 g/mol. The third kappa shape index (κ3) is 8.22. The summed E-state index contributed by atoms with van der Waals surface area (Å²) in [5.74, 6) is -0.613. The molecule has 4 aliphatic rings. The SMILES string of the molecule is CCC1(OC)COC1CC(CC1OCC1(CC)OC)OC(=O)CCCCC(=O)OC(CC1OCC1(CC)OC)CC1OCC1(CC)OC. The molecule has 0 N–H and O–H groups in total. The first-order valence-electron chi connectivity index (χ1n) is 18.1. The molecule has 0 amide bonds. The Bertz CT molecular complexity index is 856. The van der Waals surface area contributed by atoms with Crippen LogP contribution in [0, 0.1) is 0 Å². The lowest BCUT2D eigenvalue weighted by Gasteiger charge is -2.51. The first-order chi connectivity index (χ1) is 23.1. The van der Waals surface area contributed by atoms with E-state index in [-0.39, 0.29) is 71.6 Å². The van der Waals surface area contributed by atoms with Gasteiger partial charge >= 0.3 is 11.9 Å². The molecule has 0 aromatic carbocycles. The molecule has 0 aromatic heterocycles. The fourth-order valence-corrected chi connectivity index (χ4v) is 7.71. The van der Waals surface area contributed by atoms with E-state index in [1.165, 1.54) is 0 Å². The predicted octanol–water partition coefficient (Wildman–Crippen LogP) is 4.71. The maximum atomic E-state index is 13.1. The van der Waals surface area contributed by atoms with Crippen molar-refractivity contribution < 1.29 is 57.0 Å². The van der Waals surface area contributed by atoms with Crippen molar-refractivity contribution in [2.45, 2.75) is 164 Å². The van der Waals surface area contributed by atoms with E-state index in [2.05, 4.69) is 27.7 Å². The van der Waals surface area contributed by atoms with E-state index in [4.69, 9.17) is 47.4 Å². The van der Waals surface area contributed by atoms with Gasteiger partial charge in [0, 0.05) is 67.0 Å². The molecule has 12 heteroatoms. The number of esters is 2. The van der Waals surface area contributed by atoms with Crippen LogP contribution >= 0.6 is 0 Å². The highest BCUT2D eigenvalue weighted by atomic mass is 16.6. The van der Waals surface area contributed by atoms with Gasteiger partial charge in [0.2, 0.25) is 0 Å². The lowest BCUT2D eigenvalue weighted by molar-refractivity contribution is -0.273. The molecule has 0 saturated carbocycles. The zero-order chi connectivity index (χ0) is 35.0. The first kappa shape index (κ1) is 39.4. The smallest absolute Gasteiger partial charge is 0.306 e. The van der Waals surface area contributed by atoms with Crippen LogP contribution in [-0.2, 0) is 57.0 Å². The van der Waals surface area contributed by atoms with E-state index < -0.39 is 12.2 Å². The van der Waals surface area contributed by atoms with Crippen molar-refractivity contribution in [1.29, 1.82) is 0 Å². The average molecular weight is 687 g/mol. The molecule has 4 aliphatic heterocycles. The zero-order valence-corrected chi connectivity index (χ0v) is 30.7. The van der Waals surface area contributed by atoms with E-state index >= 15 is 0 Å². The summed E-state index contributed by atoms with van der Waals surface area (Å²) in [6, 6.07) is 0. The highest BCUT2D eigenvalue weighted by Crippen LogP contribution is 2.41. The molecule has 0 aromatic rings. The summed E-state index contributed by atoms with van der Waals surface area (Å²) in [7, 11) is 6.81. The van der Waals surface area contributed by atoms with Crippen LogP contribution in [0.4, 0.5) is 0 Å². The average Bonchev–Trinajstić information content (AvgIpc) is 3.06. The Kier molecular flexibility index (Phi) is 14.1. The van der Waals surface area contributed by atoms with Gasteiger partial charge in [0.1, 0.15) is 34.6 Å². The summed E-state index contributed by atoms with van der Waals surface area (Å²) in [4.78, 5) is 26.2. The summed E-state index contributed by atoms with van der Waals surface area (Å²) in [5.41, 5.74) is -1.48. The van der Waals surface area contributed by atoms with Crippen LogP contribution in [0.5, 0.6) is 0 Å².